The van der Waals surface area contributed by atoms with Gasteiger partial charge in [-0.2, -0.15) is 11.8 Å². The van der Waals surface area contributed by atoms with Crippen LogP contribution in [0.4, 0.5) is 0 Å². The topological polar surface area (TPSA) is 72.4 Å². The van der Waals surface area contributed by atoms with Crippen molar-refractivity contribution in [3.05, 3.63) is 36.0 Å². The highest BCUT2D eigenvalue weighted by molar-refractivity contribution is 7.99. The molecule has 0 saturated carbocycles. The van der Waals surface area contributed by atoms with Gasteiger partial charge >= 0.3 is 0 Å². The lowest BCUT2D eigenvalue weighted by Crippen LogP contribution is -2.40. The summed E-state index contributed by atoms with van der Waals surface area (Å²) in [5, 5.41) is 18.3. The van der Waals surface area contributed by atoms with Crippen molar-refractivity contribution in [2.45, 2.75) is 25.4 Å². The maximum absolute atomic E-state index is 10.4. The summed E-state index contributed by atoms with van der Waals surface area (Å²) in [6.45, 7) is 4.13. The van der Waals surface area contributed by atoms with Gasteiger partial charge in [0.1, 0.15) is 0 Å². The molecule has 2 heterocycles. The van der Waals surface area contributed by atoms with Crippen LogP contribution < -0.4 is 10.6 Å². The molecule has 6 heteroatoms. The number of thioether (sulfide) groups is 1. The van der Waals surface area contributed by atoms with Gasteiger partial charge < -0.3 is 20.7 Å². The largest absolute Gasteiger partial charge is 0.387 e. The number of hydrogen-bond acceptors (Lipinski definition) is 3. The van der Waals surface area contributed by atoms with Crippen LogP contribution in [0.2, 0.25) is 0 Å². The van der Waals surface area contributed by atoms with Crippen molar-refractivity contribution in [2.75, 3.05) is 31.1 Å². The molecule has 0 spiro atoms. The van der Waals surface area contributed by atoms with Gasteiger partial charge in [-0.1, -0.05) is 18.2 Å². The lowest BCUT2D eigenvalue weighted by atomic mass is 10.1. The summed E-state index contributed by atoms with van der Waals surface area (Å²) >= 11 is 1.80. The first-order valence-electron chi connectivity index (χ1n) is 8.57. The van der Waals surface area contributed by atoms with Crippen LogP contribution >= 0.6 is 11.8 Å². The lowest BCUT2D eigenvalue weighted by molar-refractivity contribution is 0.0778. The number of aliphatic imine (C=N–C) groups is 1. The number of aliphatic hydroxyl groups is 1. The number of guanidine groups is 1. The molecule has 1 unspecified atom stereocenters. The Bertz CT molecular complexity index is 691. The monoisotopic (exact) mass is 346 g/mol. The minimum atomic E-state index is -0.635. The number of hydrogen-bond donors (Lipinski definition) is 4. The van der Waals surface area contributed by atoms with Gasteiger partial charge in [-0.3, -0.25) is 4.99 Å². The van der Waals surface area contributed by atoms with Crippen molar-refractivity contribution >= 4 is 28.6 Å². The number of nitrogens with zero attached hydrogens (tertiary/aromatic N) is 1. The van der Waals surface area contributed by atoms with Crippen molar-refractivity contribution in [3.63, 3.8) is 0 Å². The zero-order valence-electron chi connectivity index (χ0n) is 14.1. The summed E-state index contributed by atoms with van der Waals surface area (Å²) < 4.78 is 0. The molecule has 0 bridgehead atoms. The van der Waals surface area contributed by atoms with Crippen LogP contribution in [0.5, 0.6) is 0 Å². The van der Waals surface area contributed by atoms with Crippen molar-refractivity contribution in [1.29, 1.82) is 0 Å². The number of H-pyrrole nitrogens is 1. The Hall–Kier alpha value is -1.66. The molecule has 1 aromatic heterocycles. The third-order valence-electron chi connectivity index (χ3n) is 4.32. The third kappa shape index (κ3) is 4.24. The number of nitrogens with one attached hydrogen (secondary N) is 3. The Kier molecular flexibility index (Phi) is 5.68. The van der Waals surface area contributed by atoms with E-state index in [1.165, 1.54) is 16.5 Å². The molecule has 24 heavy (non-hydrogen) atoms. The summed E-state index contributed by atoms with van der Waals surface area (Å²) in [5.41, 5.74) is 1.85. The minimum absolute atomic E-state index is 0.461. The van der Waals surface area contributed by atoms with Gasteiger partial charge in [-0.05, 0) is 37.1 Å². The van der Waals surface area contributed by atoms with E-state index in [1.807, 2.05) is 6.07 Å². The van der Waals surface area contributed by atoms with Crippen LogP contribution in [-0.2, 0) is 6.42 Å². The van der Waals surface area contributed by atoms with E-state index in [9.17, 15) is 5.11 Å². The number of benzene rings is 1. The molecule has 1 atom stereocenters. The van der Waals surface area contributed by atoms with Crippen molar-refractivity contribution in [1.82, 2.24) is 15.6 Å². The SMILES string of the molecule is CCNC(=NCC1(O)CCSC1)NCCc1c[nH]c2ccccc12. The highest BCUT2D eigenvalue weighted by Gasteiger charge is 2.31. The Balaban J connectivity index is 1.56. The molecule has 5 nitrogen and oxygen atoms in total. The van der Waals surface area contributed by atoms with Gasteiger partial charge in [0.05, 0.1) is 12.1 Å². The first kappa shape index (κ1) is 17.2. The quantitative estimate of drug-likeness (QED) is 0.478. The van der Waals surface area contributed by atoms with Crippen molar-refractivity contribution in [3.8, 4) is 0 Å². The first-order valence-corrected chi connectivity index (χ1v) is 9.73. The second-order valence-corrected chi connectivity index (χ2v) is 7.36. The summed E-state index contributed by atoms with van der Waals surface area (Å²) in [6, 6.07) is 8.35. The number of aromatic amines is 1. The Morgan fingerprint density at radius 3 is 3.04 bits per heavy atom. The predicted molar refractivity (Wildman–Crippen MR) is 103 cm³/mol. The van der Waals surface area contributed by atoms with Crippen LogP contribution in [-0.4, -0.2) is 52.8 Å². The molecule has 1 fully saturated rings. The highest BCUT2D eigenvalue weighted by Crippen LogP contribution is 2.27. The summed E-state index contributed by atoms with van der Waals surface area (Å²) in [4.78, 5) is 7.88. The van der Waals surface area contributed by atoms with E-state index in [4.69, 9.17) is 0 Å². The van der Waals surface area contributed by atoms with E-state index < -0.39 is 5.60 Å². The van der Waals surface area contributed by atoms with E-state index in [-0.39, 0.29) is 0 Å². The average Bonchev–Trinajstić information content (AvgIpc) is 3.20. The fourth-order valence-electron chi connectivity index (χ4n) is 2.94. The number of rotatable bonds is 6. The third-order valence-corrected chi connectivity index (χ3v) is 5.55. The Morgan fingerprint density at radius 2 is 2.25 bits per heavy atom. The standard InChI is InChI=1S/C18H26N4OS/c1-2-19-17(22-12-18(23)8-10-24-13-18)20-9-7-14-11-21-16-6-4-3-5-15(14)16/h3-6,11,21,23H,2,7-10,12-13H2,1H3,(H2,19,20,22). The average molecular weight is 346 g/mol. The molecule has 3 rings (SSSR count). The lowest BCUT2D eigenvalue weighted by Gasteiger charge is -2.19. The maximum atomic E-state index is 10.4. The van der Waals surface area contributed by atoms with Gasteiger partial charge in [-0.15, -0.1) is 0 Å². The molecule has 130 valence electrons. The van der Waals surface area contributed by atoms with E-state index in [2.05, 4.69) is 51.9 Å². The van der Waals surface area contributed by atoms with E-state index >= 15 is 0 Å². The predicted octanol–water partition coefficient (Wildman–Crippen LogP) is 2.13. The molecule has 1 aliphatic heterocycles. The Labute approximate surface area is 147 Å². The van der Waals surface area contributed by atoms with Crippen LogP contribution in [0.3, 0.4) is 0 Å². The van der Waals surface area contributed by atoms with Crippen LogP contribution in [0, 0.1) is 0 Å². The molecule has 4 N–H and O–H groups in total. The van der Waals surface area contributed by atoms with Crippen LogP contribution in [0.25, 0.3) is 10.9 Å². The number of aromatic nitrogens is 1. The maximum Gasteiger partial charge on any atom is 0.191 e. The number of para-hydroxylation sites is 1. The Morgan fingerprint density at radius 1 is 1.38 bits per heavy atom. The molecule has 1 saturated heterocycles. The molecule has 0 radical (unpaired) electrons. The van der Waals surface area contributed by atoms with Crippen molar-refractivity contribution in [2.24, 2.45) is 4.99 Å². The van der Waals surface area contributed by atoms with E-state index in [0.29, 0.717) is 6.54 Å². The zero-order chi connectivity index (χ0) is 16.8. The van der Waals surface area contributed by atoms with Gasteiger partial charge in [0, 0.05) is 35.9 Å². The normalized spacial score (nSPS) is 21.3. The molecule has 1 aliphatic rings. The molecular weight excluding hydrogens is 320 g/mol. The zero-order valence-corrected chi connectivity index (χ0v) is 15.0. The fraction of sp³-hybridized carbons (Fsp3) is 0.500. The molecule has 0 amide bonds. The smallest absolute Gasteiger partial charge is 0.191 e. The minimum Gasteiger partial charge on any atom is -0.387 e. The van der Waals surface area contributed by atoms with Crippen LogP contribution in [0.1, 0.15) is 18.9 Å². The van der Waals surface area contributed by atoms with E-state index in [0.717, 1.165) is 43.4 Å². The van der Waals surface area contributed by atoms with Gasteiger partial charge in [-0.25, -0.2) is 0 Å². The molecule has 2 aromatic rings. The fourth-order valence-corrected chi connectivity index (χ4v) is 4.23. The molecule has 1 aromatic carbocycles. The van der Waals surface area contributed by atoms with Gasteiger partial charge in [0.2, 0.25) is 0 Å². The van der Waals surface area contributed by atoms with E-state index in [1.54, 1.807) is 11.8 Å². The second kappa shape index (κ2) is 7.94. The van der Waals surface area contributed by atoms with Crippen LogP contribution in [0.15, 0.2) is 35.5 Å². The number of fused-ring (bicyclic) bond motifs is 1. The van der Waals surface area contributed by atoms with Crippen molar-refractivity contribution < 1.29 is 5.11 Å². The molecular formula is C18H26N4OS. The molecule has 0 aliphatic carbocycles. The summed E-state index contributed by atoms with van der Waals surface area (Å²) in [7, 11) is 0. The van der Waals surface area contributed by atoms with Gasteiger partial charge in [0.25, 0.3) is 0 Å². The van der Waals surface area contributed by atoms with Gasteiger partial charge in [0.15, 0.2) is 5.96 Å². The summed E-state index contributed by atoms with van der Waals surface area (Å²) in [5.74, 6) is 2.59. The first-order chi connectivity index (χ1) is 11.7. The second-order valence-electron chi connectivity index (χ2n) is 6.26. The summed E-state index contributed by atoms with van der Waals surface area (Å²) in [6.07, 6.45) is 3.83. The highest BCUT2D eigenvalue weighted by atomic mass is 32.2.